The molecule has 6 rings (SSSR count). The van der Waals surface area contributed by atoms with Crippen LogP contribution in [-0.4, -0.2) is 94.6 Å². The number of rotatable bonds is 7. The summed E-state index contributed by atoms with van der Waals surface area (Å²) >= 11 is 0. The van der Waals surface area contributed by atoms with Gasteiger partial charge in [0.05, 0.1) is 11.6 Å². The van der Waals surface area contributed by atoms with Crippen LogP contribution in [0.5, 0.6) is 11.5 Å². The van der Waals surface area contributed by atoms with E-state index in [2.05, 4.69) is 15.5 Å². The van der Waals surface area contributed by atoms with E-state index in [-0.39, 0.29) is 49.9 Å². The van der Waals surface area contributed by atoms with Crippen molar-refractivity contribution in [2.75, 3.05) is 75.2 Å². The first kappa shape index (κ1) is 30.8. The molecule has 4 aliphatic heterocycles. The fraction of sp³-hybridized carbons (Fsp3) is 0.594. The first-order chi connectivity index (χ1) is 21.2. The van der Waals surface area contributed by atoms with Crippen LogP contribution in [0.15, 0.2) is 36.4 Å². The van der Waals surface area contributed by atoms with Gasteiger partial charge in [0.25, 0.3) is 5.91 Å². The SMILES string of the molecule is O=C(c1ccc(O[C@H]2CCNC2)c(N2CCC(C(F)(F)F)CC2)c1)N1CCC(Oc2cc(F)cc(N3CCNCC3)c2)CC1. The number of nitrogens with one attached hydrogen (secondary N) is 2. The van der Waals surface area contributed by atoms with Gasteiger partial charge in [0.1, 0.15) is 29.5 Å². The van der Waals surface area contributed by atoms with E-state index in [4.69, 9.17) is 9.47 Å². The minimum absolute atomic E-state index is 0.0155. The van der Waals surface area contributed by atoms with Crippen molar-refractivity contribution in [1.82, 2.24) is 15.5 Å². The smallest absolute Gasteiger partial charge is 0.391 e. The molecule has 2 N–H and O–H groups in total. The molecule has 4 saturated heterocycles. The number of hydrogen-bond acceptors (Lipinski definition) is 7. The third-order valence-corrected chi connectivity index (χ3v) is 9.18. The second-order valence-electron chi connectivity index (χ2n) is 12.2. The minimum atomic E-state index is -4.20. The fourth-order valence-electron chi connectivity index (χ4n) is 6.63. The number of carbonyl (C=O) groups is 1. The van der Waals surface area contributed by atoms with Crippen molar-refractivity contribution in [3.63, 3.8) is 0 Å². The first-order valence-corrected chi connectivity index (χ1v) is 15.8. The second kappa shape index (κ2) is 13.4. The van der Waals surface area contributed by atoms with E-state index in [1.807, 2.05) is 11.0 Å². The fourth-order valence-corrected chi connectivity index (χ4v) is 6.63. The summed E-state index contributed by atoms with van der Waals surface area (Å²) in [5.74, 6) is -0.677. The van der Waals surface area contributed by atoms with Crippen molar-refractivity contribution in [2.24, 2.45) is 5.92 Å². The van der Waals surface area contributed by atoms with Gasteiger partial charge in [0.2, 0.25) is 0 Å². The number of piperidine rings is 2. The van der Waals surface area contributed by atoms with Crippen LogP contribution >= 0.6 is 0 Å². The number of likely N-dealkylation sites (tertiary alicyclic amines) is 1. The average molecular weight is 620 g/mol. The monoisotopic (exact) mass is 619 g/mol. The Bertz CT molecular complexity index is 1280. The molecule has 4 heterocycles. The molecule has 12 heteroatoms. The maximum atomic E-state index is 14.4. The normalized spacial score (nSPS) is 22.4. The van der Waals surface area contributed by atoms with Gasteiger partial charge in [-0.3, -0.25) is 4.79 Å². The molecule has 1 atom stereocenters. The molecule has 4 aliphatic rings. The van der Waals surface area contributed by atoms with Gasteiger partial charge in [0.15, 0.2) is 0 Å². The number of benzene rings is 2. The molecule has 1 amide bonds. The van der Waals surface area contributed by atoms with Crippen LogP contribution < -0.4 is 29.9 Å². The predicted molar refractivity (Wildman–Crippen MR) is 160 cm³/mol. The second-order valence-corrected chi connectivity index (χ2v) is 12.2. The molecule has 0 aromatic heterocycles. The number of carbonyl (C=O) groups excluding carboxylic acids is 1. The number of hydrogen-bond donors (Lipinski definition) is 2. The lowest BCUT2D eigenvalue weighted by Crippen LogP contribution is -2.43. The number of alkyl halides is 3. The summed E-state index contributed by atoms with van der Waals surface area (Å²) in [6.07, 6.45) is -2.26. The lowest BCUT2D eigenvalue weighted by molar-refractivity contribution is -0.179. The maximum Gasteiger partial charge on any atom is 0.391 e. The van der Waals surface area contributed by atoms with Gasteiger partial charge < -0.3 is 34.8 Å². The number of ether oxygens (including phenoxy) is 2. The zero-order valence-electron chi connectivity index (χ0n) is 24.9. The molecule has 0 saturated carbocycles. The van der Waals surface area contributed by atoms with Gasteiger partial charge in [0, 0.05) is 95.1 Å². The van der Waals surface area contributed by atoms with Crippen molar-refractivity contribution in [2.45, 2.75) is 50.5 Å². The zero-order chi connectivity index (χ0) is 30.7. The predicted octanol–water partition coefficient (Wildman–Crippen LogP) is 4.44. The molecule has 0 radical (unpaired) electrons. The number of amides is 1. The topological polar surface area (TPSA) is 69.3 Å². The van der Waals surface area contributed by atoms with Gasteiger partial charge in [-0.05, 0) is 50.1 Å². The van der Waals surface area contributed by atoms with E-state index < -0.39 is 12.1 Å². The van der Waals surface area contributed by atoms with E-state index >= 15 is 0 Å². The van der Waals surface area contributed by atoms with Crippen LogP contribution in [0, 0.1) is 11.7 Å². The lowest BCUT2D eigenvalue weighted by atomic mass is 9.95. The van der Waals surface area contributed by atoms with Gasteiger partial charge >= 0.3 is 6.18 Å². The third kappa shape index (κ3) is 7.34. The number of anilines is 2. The molecule has 44 heavy (non-hydrogen) atoms. The Morgan fingerprint density at radius 3 is 2.20 bits per heavy atom. The maximum absolute atomic E-state index is 14.4. The summed E-state index contributed by atoms with van der Waals surface area (Å²) in [5.41, 5.74) is 1.97. The van der Waals surface area contributed by atoms with Crippen LogP contribution in [0.2, 0.25) is 0 Å². The highest BCUT2D eigenvalue weighted by atomic mass is 19.4. The lowest BCUT2D eigenvalue weighted by Gasteiger charge is -2.36. The Morgan fingerprint density at radius 2 is 1.52 bits per heavy atom. The van der Waals surface area contributed by atoms with Crippen molar-refractivity contribution in [3.8, 4) is 11.5 Å². The van der Waals surface area contributed by atoms with Crippen molar-refractivity contribution in [3.05, 3.63) is 47.8 Å². The Kier molecular flexibility index (Phi) is 9.37. The van der Waals surface area contributed by atoms with E-state index in [1.165, 1.54) is 12.1 Å². The molecular formula is C32H41F4N5O3. The summed E-state index contributed by atoms with van der Waals surface area (Å²) in [5, 5.41) is 6.57. The van der Waals surface area contributed by atoms with Crippen LogP contribution in [0.1, 0.15) is 42.5 Å². The Balaban J connectivity index is 1.10. The molecule has 0 bridgehead atoms. The molecule has 2 aromatic carbocycles. The van der Waals surface area contributed by atoms with E-state index in [9.17, 15) is 22.4 Å². The Labute approximate surface area is 255 Å². The summed E-state index contributed by atoms with van der Waals surface area (Å²) < 4.78 is 66.9. The zero-order valence-corrected chi connectivity index (χ0v) is 24.9. The van der Waals surface area contributed by atoms with Gasteiger partial charge in [-0.1, -0.05) is 0 Å². The summed E-state index contributed by atoms with van der Waals surface area (Å²) in [7, 11) is 0. The summed E-state index contributed by atoms with van der Waals surface area (Å²) in [6.45, 7) is 6.35. The summed E-state index contributed by atoms with van der Waals surface area (Å²) in [4.78, 5) is 19.5. The number of piperazine rings is 1. The standard InChI is InChI=1S/C32H41F4N5O3/c33-24-18-25(39-15-9-37-10-16-39)20-28(19-24)43-26-6-13-41(14-7-26)31(42)22-1-2-30(44-27-3-8-38-21-27)29(17-22)40-11-4-23(5-12-40)32(34,35)36/h1-2,17-20,23,26-27,37-38H,3-16,21H2/t27-/m0/s1. The van der Waals surface area contributed by atoms with Crippen molar-refractivity contribution in [1.29, 1.82) is 0 Å². The molecule has 2 aromatic rings. The molecule has 0 unspecified atom stereocenters. The molecule has 4 fully saturated rings. The van der Waals surface area contributed by atoms with Gasteiger partial charge in [-0.2, -0.15) is 13.2 Å². The quantitative estimate of drug-likeness (QED) is 0.445. The molecular weight excluding hydrogens is 578 g/mol. The molecule has 240 valence electrons. The van der Waals surface area contributed by atoms with Crippen LogP contribution in [0.25, 0.3) is 0 Å². The van der Waals surface area contributed by atoms with Gasteiger partial charge in [-0.15, -0.1) is 0 Å². The number of halogens is 4. The molecule has 0 spiro atoms. The molecule has 8 nitrogen and oxygen atoms in total. The Hall–Kier alpha value is -3.25. The highest BCUT2D eigenvalue weighted by Gasteiger charge is 2.41. The molecule has 0 aliphatic carbocycles. The van der Waals surface area contributed by atoms with Crippen LogP contribution in [0.4, 0.5) is 28.9 Å². The van der Waals surface area contributed by atoms with Crippen molar-refractivity contribution >= 4 is 17.3 Å². The third-order valence-electron chi connectivity index (χ3n) is 9.18. The highest BCUT2D eigenvalue weighted by Crippen LogP contribution is 2.39. The number of nitrogens with zero attached hydrogens (tertiary/aromatic N) is 3. The van der Waals surface area contributed by atoms with E-state index in [1.54, 1.807) is 23.1 Å². The summed E-state index contributed by atoms with van der Waals surface area (Å²) in [6, 6.07) is 10.1. The van der Waals surface area contributed by atoms with Crippen LogP contribution in [0.3, 0.4) is 0 Å². The highest BCUT2D eigenvalue weighted by molar-refractivity contribution is 5.95. The van der Waals surface area contributed by atoms with Gasteiger partial charge in [-0.25, -0.2) is 4.39 Å². The van der Waals surface area contributed by atoms with E-state index in [0.717, 1.165) is 44.8 Å². The average Bonchev–Trinajstić information content (AvgIpc) is 3.54. The van der Waals surface area contributed by atoms with E-state index in [0.29, 0.717) is 55.2 Å². The Morgan fingerprint density at radius 1 is 0.773 bits per heavy atom. The van der Waals surface area contributed by atoms with Crippen molar-refractivity contribution < 1.29 is 31.8 Å². The minimum Gasteiger partial charge on any atom is -0.490 e. The van der Waals surface area contributed by atoms with Crippen LogP contribution in [-0.2, 0) is 0 Å². The largest absolute Gasteiger partial charge is 0.490 e. The first-order valence-electron chi connectivity index (χ1n) is 15.8.